The number of carbonyl (C=O) groups excluding carboxylic acids is 1. The van der Waals surface area contributed by atoms with E-state index in [2.05, 4.69) is 31.3 Å². The standard InChI is InChI=1S/C17H28N2O2/c1-5-13(4)16(18)17(20)19-10-11-21-15-8-6-14(7-9-15)12(2)3/h6-9,12-13,16H,5,10-11,18H2,1-4H3,(H,19,20). The van der Waals surface area contributed by atoms with Gasteiger partial charge in [0.2, 0.25) is 5.91 Å². The maximum Gasteiger partial charge on any atom is 0.237 e. The van der Waals surface area contributed by atoms with E-state index in [1.165, 1.54) is 5.56 Å². The van der Waals surface area contributed by atoms with Crippen molar-refractivity contribution in [2.45, 2.75) is 46.1 Å². The molecule has 3 N–H and O–H groups in total. The number of amides is 1. The quantitative estimate of drug-likeness (QED) is 0.724. The highest BCUT2D eigenvalue weighted by Crippen LogP contribution is 2.18. The highest BCUT2D eigenvalue weighted by molar-refractivity contribution is 5.81. The van der Waals surface area contributed by atoms with Gasteiger partial charge in [-0.25, -0.2) is 0 Å². The summed E-state index contributed by atoms with van der Waals surface area (Å²) in [6, 6.07) is 7.61. The molecule has 0 radical (unpaired) electrons. The van der Waals surface area contributed by atoms with E-state index in [0.29, 0.717) is 19.1 Å². The van der Waals surface area contributed by atoms with Crippen molar-refractivity contribution < 1.29 is 9.53 Å². The fraction of sp³-hybridized carbons (Fsp3) is 0.588. The van der Waals surface area contributed by atoms with Gasteiger partial charge in [0.1, 0.15) is 12.4 Å². The Morgan fingerprint density at radius 2 is 1.86 bits per heavy atom. The molecule has 0 saturated heterocycles. The smallest absolute Gasteiger partial charge is 0.237 e. The van der Waals surface area contributed by atoms with Crippen molar-refractivity contribution in [3.05, 3.63) is 29.8 Å². The second-order valence-corrected chi connectivity index (χ2v) is 5.77. The number of rotatable bonds is 8. The summed E-state index contributed by atoms with van der Waals surface area (Å²) in [4.78, 5) is 11.8. The summed E-state index contributed by atoms with van der Waals surface area (Å²) in [7, 11) is 0. The van der Waals surface area contributed by atoms with E-state index < -0.39 is 6.04 Å². The van der Waals surface area contributed by atoms with Gasteiger partial charge >= 0.3 is 0 Å². The molecule has 4 heteroatoms. The predicted molar refractivity (Wildman–Crippen MR) is 86.5 cm³/mol. The first-order valence-corrected chi connectivity index (χ1v) is 7.71. The van der Waals surface area contributed by atoms with Gasteiger partial charge in [-0.2, -0.15) is 0 Å². The van der Waals surface area contributed by atoms with Gasteiger partial charge in [-0.1, -0.05) is 46.2 Å². The van der Waals surface area contributed by atoms with Crippen LogP contribution in [0.5, 0.6) is 5.75 Å². The molecule has 0 aliphatic rings. The second-order valence-electron chi connectivity index (χ2n) is 5.77. The number of nitrogens with one attached hydrogen (secondary N) is 1. The molecule has 0 aliphatic carbocycles. The second kappa shape index (κ2) is 8.67. The first-order valence-electron chi connectivity index (χ1n) is 7.71. The summed E-state index contributed by atoms with van der Waals surface area (Å²) in [5.41, 5.74) is 7.14. The molecular formula is C17H28N2O2. The average molecular weight is 292 g/mol. The molecule has 1 aromatic rings. The minimum atomic E-state index is -0.444. The Kier molecular flexibility index (Phi) is 7.23. The molecule has 2 unspecified atom stereocenters. The van der Waals surface area contributed by atoms with Crippen molar-refractivity contribution >= 4 is 5.91 Å². The minimum Gasteiger partial charge on any atom is -0.492 e. The van der Waals surface area contributed by atoms with Crippen LogP contribution in [0, 0.1) is 5.92 Å². The minimum absolute atomic E-state index is 0.108. The van der Waals surface area contributed by atoms with Crippen LogP contribution in [0.1, 0.15) is 45.6 Å². The van der Waals surface area contributed by atoms with Gasteiger partial charge < -0.3 is 15.8 Å². The van der Waals surface area contributed by atoms with E-state index in [-0.39, 0.29) is 11.8 Å². The zero-order valence-corrected chi connectivity index (χ0v) is 13.6. The summed E-state index contributed by atoms with van der Waals surface area (Å²) < 4.78 is 5.60. The molecular weight excluding hydrogens is 264 g/mol. The van der Waals surface area contributed by atoms with Crippen molar-refractivity contribution in [2.24, 2.45) is 11.7 Å². The van der Waals surface area contributed by atoms with Gasteiger partial charge in [-0.15, -0.1) is 0 Å². The van der Waals surface area contributed by atoms with Crippen molar-refractivity contribution in [3.63, 3.8) is 0 Å². The van der Waals surface area contributed by atoms with Crippen LogP contribution < -0.4 is 15.8 Å². The molecule has 118 valence electrons. The lowest BCUT2D eigenvalue weighted by Crippen LogP contribution is -2.45. The van der Waals surface area contributed by atoms with Crippen LogP contribution in [0.15, 0.2) is 24.3 Å². The van der Waals surface area contributed by atoms with Crippen LogP contribution >= 0.6 is 0 Å². The molecule has 2 atom stereocenters. The topological polar surface area (TPSA) is 64.4 Å². The summed E-state index contributed by atoms with van der Waals surface area (Å²) in [6.45, 7) is 9.24. The highest BCUT2D eigenvalue weighted by atomic mass is 16.5. The summed E-state index contributed by atoms with van der Waals surface area (Å²) in [6.07, 6.45) is 0.896. The van der Waals surface area contributed by atoms with Gasteiger partial charge in [0, 0.05) is 0 Å². The molecule has 0 heterocycles. The molecule has 21 heavy (non-hydrogen) atoms. The Balaban J connectivity index is 2.29. The van der Waals surface area contributed by atoms with E-state index in [4.69, 9.17) is 10.5 Å². The van der Waals surface area contributed by atoms with Gasteiger partial charge in [-0.05, 0) is 29.5 Å². The Bertz CT molecular complexity index is 429. The lowest BCUT2D eigenvalue weighted by Gasteiger charge is -2.17. The number of ether oxygens (including phenoxy) is 1. The van der Waals surface area contributed by atoms with E-state index in [9.17, 15) is 4.79 Å². The zero-order chi connectivity index (χ0) is 15.8. The fourth-order valence-corrected chi connectivity index (χ4v) is 1.92. The highest BCUT2D eigenvalue weighted by Gasteiger charge is 2.18. The van der Waals surface area contributed by atoms with Crippen molar-refractivity contribution in [1.82, 2.24) is 5.32 Å². The number of hydrogen-bond acceptors (Lipinski definition) is 3. The maximum atomic E-state index is 11.8. The molecule has 0 bridgehead atoms. The molecule has 0 aliphatic heterocycles. The average Bonchev–Trinajstić information content (AvgIpc) is 2.50. The monoisotopic (exact) mass is 292 g/mol. The van der Waals surface area contributed by atoms with Crippen molar-refractivity contribution in [1.29, 1.82) is 0 Å². The lowest BCUT2D eigenvalue weighted by molar-refractivity contribution is -0.123. The Labute approximate surface area is 128 Å². The summed E-state index contributed by atoms with van der Waals surface area (Å²) >= 11 is 0. The van der Waals surface area contributed by atoms with Crippen LogP contribution in [-0.4, -0.2) is 25.1 Å². The third kappa shape index (κ3) is 5.76. The van der Waals surface area contributed by atoms with E-state index >= 15 is 0 Å². The van der Waals surface area contributed by atoms with Gasteiger partial charge in [0.15, 0.2) is 0 Å². The molecule has 1 aromatic carbocycles. The SMILES string of the molecule is CCC(C)C(N)C(=O)NCCOc1ccc(C(C)C)cc1. The van der Waals surface area contributed by atoms with Gasteiger partial charge in [0.25, 0.3) is 0 Å². The summed E-state index contributed by atoms with van der Waals surface area (Å²) in [5.74, 6) is 1.41. The lowest BCUT2D eigenvalue weighted by atomic mass is 9.99. The van der Waals surface area contributed by atoms with E-state index in [0.717, 1.165) is 12.2 Å². The van der Waals surface area contributed by atoms with Crippen molar-refractivity contribution in [3.8, 4) is 5.75 Å². The largest absolute Gasteiger partial charge is 0.492 e. The molecule has 0 saturated carbocycles. The van der Waals surface area contributed by atoms with Crippen LogP contribution in [0.4, 0.5) is 0 Å². The van der Waals surface area contributed by atoms with E-state index in [1.807, 2.05) is 26.0 Å². The normalized spacial score (nSPS) is 13.8. The third-order valence-corrected chi connectivity index (χ3v) is 3.78. The van der Waals surface area contributed by atoms with E-state index in [1.54, 1.807) is 0 Å². The Hall–Kier alpha value is -1.55. The fourth-order valence-electron chi connectivity index (χ4n) is 1.92. The Morgan fingerprint density at radius 1 is 1.24 bits per heavy atom. The molecule has 0 fully saturated rings. The Morgan fingerprint density at radius 3 is 2.38 bits per heavy atom. The molecule has 0 aromatic heterocycles. The third-order valence-electron chi connectivity index (χ3n) is 3.78. The van der Waals surface area contributed by atoms with Crippen LogP contribution in [-0.2, 0) is 4.79 Å². The van der Waals surface area contributed by atoms with Crippen LogP contribution in [0.3, 0.4) is 0 Å². The van der Waals surface area contributed by atoms with Gasteiger partial charge in [0.05, 0.1) is 12.6 Å². The number of benzene rings is 1. The molecule has 1 amide bonds. The zero-order valence-electron chi connectivity index (χ0n) is 13.6. The molecule has 1 rings (SSSR count). The van der Waals surface area contributed by atoms with Crippen molar-refractivity contribution in [2.75, 3.05) is 13.2 Å². The number of hydrogen-bond donors (Lipinski definition) is 2. The predicted octanol–water partition coefficient (Wildman–Crippen LogP) is 2.68. The number of carbonyl (C=O) groups is 1. The maximum absolute atomic E-state index is 11.8. The summed E-state index contributed by atoms with van der Waals surface area (Å²) in [5, 5.41) is 2.81. The van der Waals surface area contributed by atoms with Crippen LogP contribution in [0.25, 0.3) is 0 Å². The van der Waals surface area contributed by atoms with Gasteiger partial charge in [-0.3, -0.25) is 4.79 Å². The molecule has 4 nitrogen and oxygen atoms in total. The first-order chi connectivity index (χ1) is 9.95. The van der Waals surface area contributed by atoms with Crippen LogP contribution in [0.2, 0.25) is 0 Å². The first kappa shape index (κ1) is 17.5. The molecule has 0 spiro atoms. The number of nitrogens with two attached hydrogens (primary N) is 1.